The molecule has 0 aliphatic rings. The number of nitrogens with zero attached hydrogens (tertiary/aromatic N) is 3. The van der Waals surface area contributed by atoms with Crippen molar-refractivity contribution < 1.29 is 9.59 Å². The maximum atomic E-state index is 12.8. The number of thiazole rings is 1. The normalized spacial score (nSPS) is 12.9. The van der Waals surface area contributed by atoms with Crippen molar-refractivity contribution in [1.29, 1.82) is 0 Å². The van der Waals surface area contributed by atoms with Gasteiger partial charge in [0.15, 0.2) is 5.13 Å². The number of nitrogens with one attached hydrogen (secondary N) is 1. The Morgan fingerprint density at radius 3 is 2.50 bits per heavy atom. The van der Waals surface area contributed by atoms with E-state index < -0.39 is 0 Å². The van der Waals surface area contributed by atoms with Crippen LogP contribution >= 0.6 is 11.3 Å². The molecule has 0 fully saturated rings. The van der Waals surface area contributed by atoms with Crippen molar-refractivity contribution in [2.45, 2.75) is 47.0 Å². The van der Waals surface area contributed by atoms with Gasteiger partial charge in [0.1, 0.15) is 0 Å². The molecule has 1 aromatic heterocycles. The van der Waals surface area contributed by atoms with E-state index >= 15 is 0 Å². The number of aromatic nitrogens is 1. The van der Waals surface area contributed by atoms with Crippen LogP contribution in [0.4, 0.5) is 5.13 Å². The summed E-state index contributed by atoms with van der Waals surface area (Å²) in [5.41, 5.74) is 0.192. The lowest BCUT2D eigenvalue weighted by Gasteiger charge is -2.27. The van der Waals surface area contributed by atoms with E-state index in [0.717, 1.165) is 19.4 Å². The third-order valence-electron chi connectivity index (χ3n) is 3.88. The van der Waals surface area contributed by atoms with Crippen LogP contribution in [-0.2, 0) is 9.59 Å². The number of amides is 2. The van der Waals surface area contributed by atoms with Crippen LogP contribution in [0.25, 0.3) is 0 Å². The summed E-state index contributed by atoms with van der Waals surface area (Å²) >= 11 is 1.37. The quantitative estimate of drug-likeness (QED) is 0.674. The summed E-state index contributed by atoms with van der Waals surface area (Å²) < 4.78 is 0. The summed E-state index contributed by atoms with van der Waals surface area (Å²) in [5.74, 6) is 0.150. The predicted molar refractivity (Wildman–Crippen MR) is 108 cm³/mol. The van der Waals surface area contributed by atoms with E-state index in [1.807, 2.05) is 19.5 Å². The zero-order valence-corrected chi connectivity index (χ0v) is 17.9. The van der Waals surface area contributed by atoms with Gasteiger partial charge in [-0.05, 0) is 44.8 Å². The van der Waals surface area contributed by atoms with Gasteiger partial charge in [-0.3, -0.25) is 9.59 Å². The van der Waals surface area contributed by atoms with Crippen LogP contribution in [-0.4, -0.2) is 60.3 Å². The minimum Gasteiger partial charge on any atom is -0.333 e. The third-order valence-corrected chi connectivity index (χ3v) is 4.57. The fourth-order valence-electron chi connectivity index (χ4n) is 3.03. The lowest BCUT2D eigenvalue weighted by Crippen LogP contribution is -2.40. The first kappa shape index (κ1) is 22.6. The molecule has 148 valence electrons. The Morgan fingerprint density at radius 1 is 1.27 bits per heavy atom. The summed E-state index contributed by atoms with van der Waals surface area (Å²) in [6, 6.07) is 0. The molecule has 2 amide bonds. The number of carbonyl (C=O) groups is 2. The molecule has 0 spiro atoms. The van der Waals surface area contributed by atoms with E-state index in [4.69, 9.17) is 0 Å². The van der Waals surface area contributed by atoms with Crippen LogP contribution in [0.2, 0.25) is 0 Å². The first-order chi connectivity index (χ1) is 12.1. The second kappa shape index (κ2) is 10.6. The Kier molecular flexibility index (Phi) is 9.22. The van der Waals surface area contributed by atoms with Crippen molar-refractivity contribution in [2.24, 2.45) is 11.3 Å². The van der Waals surface area contributed by atoms with Crippen molar-refractivity contribution in [1.82, 2.24) is 14.8 Å². The number of hydrogen-bond donors (Lipinski definition) is 1. The van der Waals surface area contributed by atoms with Gasteiger partial charge in [-0.25, -0.2) is 4.98 Å². The van der Waals surface area contributed by atoms with Gasteiger partial charge in [-0.15, -0.1) is 11.3 Å². The van der Waals surface area contributed by atoms with E-state index in [0.29, 0.717) is 24.0 Å². The summed E-state index contributed by atoms with van der Waals surface area (Å²) in [5, 5.41) is 5.14. The zero-order valence-electron chi connectivity index (χ0n) is 17.0. The molecule has 0 aliphatic carbocycles. The van der Waals surface area contributed by atoms with Gasteiger partial charge in [-0.2, -0.15) is 0 Å². The molecule has 0 aromatic carbocycles. The fourth-order valence-corrected chi connectivity index (χ4v) is 3.58. The first-order valence-electron chi connectivity index (χ1n) is 9.18. The van der Waals surface area contributed by atoms with Crippen molar-refractivity contribution in [2.75, 3.05) is 39.0 Å². The van der Waals surface area contributed by atoms with E-state index in [1.54, 1.807) is 11.1 Å². The van der Waals surface area contributed by atoms with Crippen LogP contribution in [0.15, 0.2) is 11.6 Å². The molecule has 0 aliphatic heterocycles. The Balaban J connectivity index is 2.63. The highest BCUT2D eigenvalue weighted by molar-refractivity contribution is 7.13. The van der Waals surface area contributed by atoms with E-state index in [1.165, 1.54) is 11.3 Å². The molecule has 26 heavy (non-hydrogen) atoms. The topological polar surface area (TPSA) is 65.5 Å². The van der Waals surface area contributed by atoms with Crippen molar-refractivity contribution in [3.05, 3.63) is 11.6 Å². The van der Waals surface area contributed by atoms with Crippen LogP contribution < -0.4 is 5.32 Å². The molecule has 0 saturated carbocycles. The van der Waals surface area contributed by atoms with Crippen LogP contribution in [0.5, 0.6) is 0 Å². The molecule has 7 heteroatoms. The zero-order chi connectivity index (χ0) is 19.7. The highest BCUT2D eigenvalue weighted by Gasteiger charge is 2.22. The second-order valence-corrected chi connectivity index (χ2v) is 9.33. The van der Waals surface area contributed by atoms with Gasteiger partial charge in [0.05, 0.1) is 6.54 Å². The van der Waals surface area contributed by atoms with Crippen LogP contribution in [0, 0.1) is 11.3 Å². The predicted octanol–water partition coefficient (Wildman–Crippen LogP) is 3.32. The Hall–Kier alpha value is -1.47. The molecular formula is C19H34N4O2S. The summed E-state index contributed by atoms with van der Waals surface area (Å²) in [7, 11) is 4.01. The largest absolute Gasteiger partial charge is 0.333 e. The van der Waals surface area contributed by atoms with Gasteiger partial charge in [-0.1, -0.05) is 27.7 Å². The summed E-state index contributed by atoms with van der Waals surface area (Å²) in [6.45, 7) is 10.2. The average Bonchev–Trinajstić information content (AvgIpc) is 2.96. The summed E-state index contributed by atoms with van der Waals surface area (Å²) in [6.07, 6.45) is 3.95. The molecule has 1 N–H and O–H groups in total. The summed E-state index contributed by atoms with van der Waals surface area (Å²) in [4.78, 5) is 32.9. The minimum atomic E-state index is -0.193. The molecule has 1 atom stereocenters. The highest BCUT2D eigenvalue weighted by Crippen LogP contribution is 2.26. The van der Waals surface area contributed by atoms with Crippen molar-refractivity contribution in [3.8, 4) is 0 Å². The SMILES string of the molecule is C[C@H](CC(=O)N(CCCN(C)C)CC(=O)Nc1nccs1)CC(C)(C)C. The minimum absolute atomic E-state index is 0.0507. The number of carbonyl (C=O) groups excluding carboxylic acids is 2. The number of hydrogen-bond acceptors (Lipinski definition) is 5. The second-order valence-electron chi connectivity index (χ2n) is 8.43. The molecule has 0 radical (unpaired) electrons. The van der Waals surface area contributed by atoms with Crippen LogP contribution in [0.3, 0.4) is 0 Å². The van der Waals surface area contributed by atoms with Crippen molar-refractivity contribution >= 4 is 28.3 Å². The average molecular weight is 383 g/mol. The van der Waals surface area contributed by atoms with Gasteiger partial charge >= 0.3 is 0 Å². The lowest BCUT2D eigenvalue weighted by molar-refractivity contribution is -0.135. The highest BCUT2D eigenvalue weighted by atomic mass is 32.1. The number of rotatable bonds is 10. The Bertz CT molecular complexity index is 552. The third kappa shape index (κ3) is 9.87. The van der Waals surface area contributed by atoms with Crippen LogP contribution in [0.1, 0.15) is 47.0 Å². The first-order valence-corrected chi connectivity index (χ1v) is 10.1. The molecule has 1 rings (SSSR count). The molecular weight excluding hydrogens is 348 g/mol. The molecule has 0 bridgehead atoms. The maximum absolute atomic E-state index is 12.8. The molecule has 0 unspecified atom stereocenters. The van der Waals surface area contributed by atoms with Gasteiger partial charge in [0.2, 0.25) is 11.8 Å². The fraction of sp³-hybridized carbons (Fsp3) is 0.737. The monoisotopic (exact) mass is 382 g/mol. The Morgan fingerprint density at radius 2 is 1.96 bits per heavy atom. The van der Waals surface area contributed by atoms with Gasteiger partial charge < -0.3 is 15.1 Å². The molecule has 1 heterocycles. The van der Waals surface area contributed by atoms with E-state index in [-0.39, 0.29) is 23.8 Å². The van der Waals surface area contributed by atoms with Gasteiger partial charge in [0.25, 0.3) is 0 Å². The van der Waals surface area contributed by atoms with E-state index in [9.17, 15) is 9.59 Å². The molecule has 6 nitrogen and oxygen atoms in total. The lowest BCUT2D eigenvalue weighted by atomic mass is 9.84. The molecule has 0 saturated heterocycles. The van der Waals surface area contributed by atoms with E-state index in [2.05, 4.69) is 42.9 Å². The maximum Gasteiger partial charge on any atom is 0.245 e. The Labute approximate surface area is 162 Å². The van der Waals surface area contributed by atoms with Gasteiger partial charge in [0, 0.05) is 24.5 Å². The van der Waals surface area contributed by atoms with Crippen molar-refractivity contribution in [3.63, 3.8) is 0 Å². The standard InChI is InChI=1S/C19H34N4O2S/c1-15(13-19(2,3)4)12-17(25)23(10-7-9-22(5)6)14-16(24)21-18-20-8-11-26-18/h8,11,15H,7,9-10,12-14H2,1-6H3,(H,20,21,24)/t15-/m1/s1. The number of anilines is 1. The molecule has 1 aromatic rings. The smallest absolute Gasteiger partial charge is 0.245 e.